The van der Waals surface area contributed by atoms with E-state index in [4.69, 9.17) is 16.3 Å². The van der Waals surface area contributed by atoms with Crippen molar-refractivity contribution in [2.24, 2.45) is 0 Å². The summed E-state index contributed by atoms with van der Waals surface area (Å²) in [4.78, 5) is 13.4. The molecule has 0 unspecified atom stereocenters. The Labute approximate surface area is 99.1 Å². The first-order chi connectivity index (χ1) is 7.75. The molecule has 1 aliphatic heterocycles. The van der Waals surface area contributed by atoms with Gasteiger partial charge in [-0.1, -0.05) is 17.7 Å². The molecule has 1 N–H and O–H groups in total. The van der Waals surface area contributed by atoms with Crippen molar-refractivity contribution in [2.45, 2.75) is 0 Å². The maximum atomic E-state index is 11.7. The lowest BCUT2D eigenvalue weighted by Gasteiger charge is -2.26. The molecule has 0 radical (unpaired) electrons. The Hall–Kier alpha value is -1.26. The van der Waals surface area contributed by atoms with Gasteiger partial charge in [0.15, 0.2) is 0 Å². The Morgan fingerprint density at radius 2 is 2.12 bits per heavy atom. The second kappa shape index (κ2) is 5.18. The average Bonchev–Trinajstić information content (AvgIpc) is 2.30. The van der Waals surface area contributed by atoms with Crippen LogP contribution < -0.4 is 10.1 Å². The van der Waals surface area contributed by atoms with Crippen molar-refractivity contribution in [2.75, 3.05) is 26.2 Å². The van der Waals surface area contributed by atoms with Crippen LogP contribution in [0, 0.1) is 0 Å². The molecule has 0 spiro atoms. The van der Waals surface area contributed by atoms with Gasteiger partial charge in [-0.15, -0.1) is 0 Å². The summed E-state index contributed by atoms with van der Waals surface area (Å²) < 4.78 is 5.21. The van der Waals surface area contributed by atoms with Crippen LogP contribution in [0.2, 0.25) is 5.02 Å². The Morgan fingerprint density at radius 1 is 1.38 bits per heavy atom. The van der Waals surface area contributed by atoms with E-state index in [0.717, 1.165) is 13.1 Å². The summed E-state index contributed by atoms with van der Waals surface area (Å²) in [7, 11) is 0. The van der Waals surface area contributed by atoms with Crippen LogP contribution in [0.1, 0.15) is 0 Å². The Bertz CT molecular complexity index is 378. The van der Waals surface area contributed by atoms with E-state index in [9.17, 15) is 4.79 Å². The fraction of sp³-hybridized carbons (Fsp3) is 0.364. The SMILES string of the molecule is O=C(Oc1cccc(Cl)c1)N1CCNCC1. The predicted molar refractivity (Wildman–Crippen MR) is 61.9 cm³/mol. The maximum Gasteiger partial charge on any atom is 0.415 e. The number of ether oxygens (including phenoxy) is 1. The van der Waals surface area contributed by atoms with E-state index < -0.39 is 0 Å². The molecule has 1 aromatic carbocycles. The van der Waals surface area contributed by atoms with E-state index >= 15 is 0 Å². The minimum absolute atomic E-state index is 0.316. The van der Waals surface area contributed by atoms with Crippen LogP contribution in [0.25, 0.3) is 0 Å². The van der Waals surface area contributed by atoms with Gasteiger partial charge in [0.25, 0.3) is 0 Å². The summed E-state index contributed by atoms with van der Waals surface area (Å²) in [6.45, 7) is 2.98. The minimum atomic E-state index is -0.316. The summed E-state index contributed by atoms with van der Waals surface area (Å²) in [5, 5.41) is 3.73. The van der Waals surface area contributed by atoms with Gasteiger partial charge in [-0.3, -0.25) is 0 Å². The number of carbonyl (C=O) groups is 1. The van der Waals surface area contributed by atoms with E-state index in [1.807, 2.05) is 0 Å². The summed E-state index contributed by atoms with van der Waals surface area (Å²) in [6.07, 6.45) is -0.316. The largest absolute Gasteiger partial charge is 0.415 e. The monoisotopic (exact) mass is 240 g/mol. The second-order valence-corrected chi connectivity index (χ2v) is 4.00. The highest BCUT2D eigenvalue weighted by atomic mass is 35.5. The molecule has 2 rings (SSSR count). The summed E-state index contributed by atoms with van der Waals surface area (Å²) >= 11 is 5.80. The van der Waals surface area contributed by atoms with E-state index in [2.05, 4.69) is 5.32 Å². The molecule has 0 bridgehead atoms. The number of piperazine rings is 1. The van der Waals surface area contributed by atoms with Crippen LogP contribution in [-0.2, 0) is 0 Å². The first-order valence-electron chi connectivity index (χ1n) is 5.19. The van der Waals surface area contributed by atoms with Gasteiger partial charge in [-0.05, 0) is 18.2 Å². The lowest BCUT2D eigenvalue weighted by molar-refractivity contribution is 0.146. The van der Waals surface area contributed by atoms with E-state index in [0.29, 0.717) is 23.9 Å². The van der Waals surface area contributed by atoms with Gasteiger partial charge in [0.05, 0.1) is 0 Å². The van der Waals surface area contributed by atoms with Crippen LogP contribution in [-0.4, -0.2) is 37.2 Å². The molecule has 0 atom stereocenters. The van der Waals surface area contributed by atoms with Gasteiger partial charge in [0.2, 0.25) is 0 Å². The van der Waals surface area contributed by atoms with Crippen molar-refractivity contribution in [3.05, 3.63) is 29.3 Å². The molecule has 1 aliphatic rings. The molecule has 1 heterocycles. The first-order valence-corrected chi connectivity index (χ1v) is 5.56. The molecule has 5 heteroatoms. The number of rotatable bonds is 1. The number of hydrogen-bond acceptors (Lipinski definition) is 3. The van der Waals surface area contributed by atoms with Gasteiger partial charge in [-0.25, -0.2) is 4.79 Å². The molecule has 0 saturated carbocycles. The quantitative estimate of drug-likeness (QED) is 0.813. The Morgan fingerprint density at radius 3 is 2.81 bits per heavy atom. The van der Waals surface area contributed by atoms with Gasteiger partial charge in [0, 0.05) is 31.2 Å². The zero-order valence-electron chi connectivity index (χ0n) is 8.78. The lowest BCUT2D eigenvalue weighted by atomic mass is 10.3. The topological polar surface area (TPSA) is 41.6 Å². The zero-order chi connectivity index (χ0) is 11.4. The Kier molecular flexibility index (Phi) is 3.64. The van der Waals surface area contributed by atoms with Crippen molar-refractivity contribution in [1.82, 2.24) is 10.2 Å². The molecule has 0 aliphatic carbocycles. The third-order valence-corrected chi connectivity index (χ3v) is 2.61. The van der Waals surface area contributed by atoms with Crippen LogP contribution >= 0.6 is 11.6 Å². The molecule has 1 aromatic rings. The fourth-order valence-corrected chi connectivity index (χ4v) is 1.72. The Balaban J connectivity index is 1.96. The third kappa shape index (κ3) is 2.87. The van der Waals surface area contributed by atoms with Crippen molar-refractivity contribution in [1.29, 1.82) is 0 Å². The zero-order valence-corrected chi connectivity index (χ0v) is 9.54. The fourth-order valence-electron chi connectivity index (χ4n) is 1.54. The van der Waals surface area contributed by atoms with Crippen LogP contribution in [0.4, 0.5) is 4.79 Å². The van der Waals surface area contributed by atoms with Crippen molar-refractivity contribution < 1.29 is 9.53 Å². The average molecular weight is 241 g/mol. The highest BCUT2D eigenvalue weighted by Crippen LogP contribution is 2.17. The molecule has 1 fully saturated rings. The van der Waals surface area contributed by atoms with E-state index in [-0.39, 0.29) is 6.09 Å². The number of halogens is 1. The molecular weight excluding hydrogens is 228 g/mol. The predicted octanol–water partition coefficient (Wildman–Crippen LogP) is 1.74. The molecule has 4 nitrogen and oxygen atoms in total. The van der Waals surface area contributed by atoms with Crippen LogP contribution in [0.15, 0.2) is 24.3 Å². The normalized spacial score (nSPS) is 15.9. The number of hydrogen-bond donors (Lipinski definition) is 1. The smallest absolute Gasteiger partial charge is 0.410 e. The summed E-state index contributed by atoms with van der Waals surface area (Å²) in [6, 6.07) is 6.83. The number of benzene rings is 1. The van der Waals surface area contributed by atoms with Crippen molar-refractivity contribution in [3.63, 3.8) is 0 Å². The third-order valence-electron chi connectivity index (χ3n) is 2.38. The van der Waals surface area contributed by atoms with Crippen LogP contribution in [0.5, 0.6) is 5.75 Å². The number of amides is 1. The highest BCUT2D eigenvalue weighted by molar-refractivity contribution is 6.30. The van der Waals surface area contributed by atoms with Crippen LogP contribution in [0.3, 0.4) is 0 Å². The molecule has 1 saturated heterocycles. The van der Waals surface area contributed by atoms with Gasteiger partial charge in [-0.2, -0.15) is 0 Å². The minimum Gasteiger partial charge on any atom is -0.410 e. The van der Waals surface area contributed by atoms with Gasteiger partial charge in [0.1, 0.15) is 5.75 Å². The lowest BCUT2D eigenvalue weighted by Crippen LogP contribution is -2.47. The van der Waals surface area contributed by atoms with E-state index in [1.165, 1.54) is 0 Å². The number of nitrogens with one attached hydrogen (secondary N) is 1. The van der Waals surface area contributed by atoms with Crippen molar-refractivity contribution in [3.8, 4) is 5.75 Å². The standard InChI is InChI=1S/C11H13ClN2O2/c12-9-2-1-3-10(8-9)16-11(15)14-6-4-13-5-7-14/h1-3,8,13H,4-7H2. The second-order valence-electron chi connectivity index (χ2n) is 3.56. The molecular formula is C11H13ClN2O2. The number of nitrogens with zero attached hydrogens (tertiary/aromatic N) is 1. The van der Waals surface area contributed by atoms with Gasteiger partial charge >= 0.3 is 6.09 Å². The molecule has 16 heavy (non-hydrogen) atoms. The highest BCUT2D eigenvalue weighted by Gasteiger charge is 2.17. The summed E-state index contributed by atoms with van der Waals surface area (Å²) in [5.41, 5.74) is 0. The molecule has 1 amide bonds. The summed E-state index contributed by atoms with van der Waals surface area (Å²) in [5.74, 6) is 0.482. The maximum absolute atomic E-state index is 11.7. The molecule has 0 aromatic heterocycles. The van der Waals surface area contributed by atoms with Crippen molar-refractivity contribution >= 4 is 17.7 Å². The first kappa shape index (κ1) is 11.2. The van der Waals surface area contributed by atoms with E-state index in [1.54, 1.807) is 29.2 Å². The molecule has 86 valence electrons. The van der Waals surface area contributed by atoms with Gasteiger partial charge < -0.3 is 15.0 Å². The number of carbonyl (C=O) groups excluding carboxylic acids is 1.